The summed E-state index contributed by atoms with van der Waals surface area (Å²) < 4.78 is 7.99. The van der Waals surface area contributed by atoms with Crippen LogP contribution in [0.3, 0.4) is 0 Å². The number of pyridine rings is 2. The number of hydrogen-bond donors (Lipinski definition) is 0. The lowest BCUT2D eigenvalue weighted by molar-refractivity contribution is 0.309. The molecule has 0 bridgehead atoms. The molecule has 0 aliphatic rings. The number of para-hydroxylation sites is 1. The lowest BCUT2D eigenvalue weighted by Crippen LogP contribution is -2.01. The van der Waals surface area contributed by atoms with Crippen molar-refractivity contribution >= 4 is 10.9 Å². The molecule has 3 heterocycles. The van der Waals surface area contributed by atoms with Crippen molar-refractivity contribution in [3.05, 3.63) is 115 Å². The van der Waals surface area contributed by atoms with Crippen LogP contribution in [-0.4, -0.2) is 30.2 Å². The van der Waals surface area contributed by atoms with Gasteiger partial charge in [-0.1, -0.05) is 67.6 Å². The molecule has 7 heteroatoms. The first kappa shape index (κ1) is 22.5. The van der Waals surface area contributed by atoms with Crippen LogP contribution in [0, 0.1) is 0 Å². The van der Waals surface area contributed by atoms with Gasteiger partial charge in [-0.25, -0.2) is 0 Å². The van der Waals surface area contributed by atoms with Crippen LogP contribution in [0.15, 0.2) is 103 Å². The van der Waals surface area contributed by atoms with Crippen LogP contribution in [0.4, 0.5) is 0 Å². The smallest absolute Gasteiger partial charge is 0.187 e. The van der Waals surface area contributed by atoms with Crippen molar-refractivity contribution in [3.8, 4) is 34.0 Å². The first-order valence-corrected chi connectivity index (χ1v) is 12.2. The predicted molar refractivity (Wildman–Crippen MR) is 143 cm³/mol. The zero-order valence-corrected chi connectivity index (χ0v) is 20.3. The monoisotopic (exact) mass is 484 g/mol. The van der Waals surface area contributed by atoms with Crippen LogP contribution >= 0.6 is 0 Å². The quantitative estimate of drug-likeness (QED) is 0.273. The average molecular weight is 485 g/mol. The van der Waals surface area contributed by atoms with Gasteiger partial charge in [-0.05, 0) is 57.8 Å². The zero-order valence-electron chi connectivity index (χ0n) is 20.3. The first-order valence-electron chi connectivity index (χ1n) is 12.2. The summed E-state index contributed by atoms with van der Waals surface area (Å²) in [6.07, 6.45) is 4.32. The molecular formula is C30H24N6O. The molecule has 0 atom stereocenters. The van der Waals surface area contributed by atoms with E-state index in [2.05, 4.69) is 63.8 Å². The summed E-state index contributed by atoms with van der Waals surface area (Å²) in [5.41, 5.74) is 6.99. The van der Waals surface area contributed by atoms with Gasteiger partial charge in [-0.2, -0.15) is 4.68 Å². The van der Waals surface area contributed by atoms with Gasteiger partial charge in [0, 0.05) is 35.1 Å². The van der Waals surface area contributed by atoms with Crippen LogP contribution in [0.25, 0.3) is 39.1 Å². The third-order valence-electron chi connectivity index (χ3n) is 6.30. The van der Waals surface area contributed by atoms with Crippen molar-refractivity contribution < 1.29 is 4.74 Å². The Hall–Kier alpha value is -4.91. The average Bonchev–Trinajstić information content (AvgIpc) is 3.46. The summed E-state index contributed by atoms with van der Waals surface area (Å²) in [4.78, 5) is 8.80. The highest BCUT2D eigenvalue weighted by Crippen LogP contribution is 2.32. The molecule has 0 fully saturated rings. The van der Waals surface area contributed by atoms with Crippen molar-refractivity contribution in [2.75, 3.05) is 0 Å². The number of ether oxygens (including phenoxy) is 1. The summed E-state index contributed by atoms with van der Waals surface area (Å²) in [7, 11) is 0. The molecule has 3 aromatic heterocycles. The Kier molecular flexibility index (Phi) is 6.09. The van der Waals surface area contributed by atoms with Crippen molar-refractivity contribution in [2.45, 2.75) is 20.0 Å². The van der Waals surface area contributed by atoms with E-state index in [4.69, 9.17) is 9.72 Å². The maximum absolute atomic E-state index is 6.27. The molecule has 37 heavy (non-hydrogen) atoms. The number of hydrogen-bond acceptors (Lipinski definition) is 6. The Labute approximate surface area is 214 Å². The van der Waals surface area contributed by atoms with Gasteiger partial charge in [0.25, 0.3) is 0 Å². The van der Waals surface area contributed by atoms with E-state index in [9.17, 15) is 0 Å². The standard InChI is InChI=1S/C30H24N6O/c1-2-23-19-29(27-9-5-6-10-28(27)32-23)37-20-21-11-13-22(14-12-21)25-7-3-4-8-26(25)30-33-34-35-36(30)24-15-17-31-18-16-24/h3-19H,2,20H2,1H3. The minimum atomic E-state index is 0.472. The lowest BCUT2D eigenvalue weighted by atomic mass is 9.98. The third-order valence-corrected chi connectivity index (χ3v) is 6.30. The summed E-state index contributed by atoms with van der Waals surface area (Å²) in [5, 5.41) is 13.5. The van der Waals surface area contributed by atoms with E-state index >= 15 is 0 Å². The van der Waals surface area contributed by atoms with E-state index in [0.29, 0.717) is 12.4 Å². The molecule has 0 radical (unpaired) electrons. The van der Waals surface area contributed by atoms with Gasteiger partial charge in [-0.3, -0.25) is 9.97 Å². The van der Waals surface area contributed by atoms with E-state index in [-0.39, 0.29) is 0 Å². The van der Waals surface area contributed by atoms with Crippen LogP contribution in [0.2, 0.25) is 0 Å². The molecule has 0 unspecified atom stereocenters. The SMILES string of the molecule is CCc1cc(OCc2ccc(-c3ccccc3-c3nnnn3-c3ccncc3)cc2)c2ccccc2n1. The number of aromatic nitrogens is 6. The van der Waals surface area contributed by atoms with Gasteiger partial charge in [-0.15, -0.1) is 5.10 Å². The number of tetrazole rings is 1. The number of benzene rings is 3. The fourth-order valence-electron chi connectivity index (χ4n) is 4.38. The molecule has 0 spiro atoms. The molecule has 0 amide bonds. The maximum atomic E-state index is 6.27. The van der Waals surface area contributed by atoms with Gasteiger partial charge in [0.15, 0.2) is 5.82 Å². The number of rotatable bonds is 7. The predicted octanol–water partition coefficient (Wildman–Crippen LogP) is 6.08. The van der Waals surface area contributed by atoms with E-state index in [1.807, 2.05) is 54.6 Å². The van der Waals surface area contributed by atoms with Gasteiger partial charge >= 0.3 is 0 Å². The molecule has 0 aliphatic carbocycles. The van der Waals surface area contributed by atoms with E-state index in [0.717, 1.165) is 56.7 Å². The van der Waals surface area contributed by atoms with Crippen molar-refractivity contribution in [1.82, 2.24) is 30.2 Å². The molecule has 6 aromatic rings. The minimum absolute atomic E-state index is 0.472. The maximum Gasteiger partial charge on any atom is 0.187 e. The molecule has 7 nitrogen and oxygen atoms in total. The number of nitrogens with zero attached hydrogens (tertiary/aromatic N) is 6. The van der Waals surface area contributed by atoms with Crippen molar-refractivity contribution in [2.24, 2.45) is 0 Å². The first-order chi connectivity index (χ1) is 18.3. The molecule has 0 N–H and O–H groups in total. The Morgan fingerprint density at radius 1 is 0.811 bits per heavy atom. The highest BCUT2D eigenvalue weighted by atomic mass is 16.5. The minimum Gasteiger partial charge on any atom is -0.488 e. The van der Waals surface area contributed by atoms with Crippen LogP contribution in [0.1, 0.15) is 18.2 Å². The molecular weight excluding hydrogens is 460 g/mol. The number of fused-ring (bicyclic) bond motifs is 1. The van der Waals surface area contributed by atoms with Crippen molar-refractivity contribution in [1.29, 1.82) is 0 Å². The summed E-state index contributed by atoms with van der Waals surface area (Å²) in [5.74, 6) is 1.53. The van der Waals surface area contributed by atoms with Gasteiger partial charge in [0.1, 0.15) is 12.4 Å². The summed E-state index contributed by atoms with van der Waals surface area (Å²) >= 11 is 0. The van der Waals surface area contributed by atoms with E-state index in [1.165, 1.54) is 0 Å². The summed E-state index contributed by atoms with van der Waals surface area (Å²) in [6.45, 7) is 2.58. The molecule has 3 aromatic carbocycles. The van der Waals surface area contributed by atoms with Crippen molar-refractivity contribution in [3.63, 3.8) is 0 Å². The fourth-order valence-corrected chi connectivity index (χ4v) is 4.38. The zero-order chi connectivity index (χ0) is 25.0. The summed E-state index contributed by atoms with van der Waals surface area (Å²) in [6, 6.07) is 30.5. The fraction of sp³-hybridized carbons (Fsp3) is 0.100. The normalized spacial score (nSPS) is 11.1. The number of aryl methyl sites for hydroxylation is 1. The van der Waals surface area contributed by atoms with Gasteiger partial charge < -0.3 is 4.74 Å². The molecule has 0 saturated carbocycles. The Morgan fingerprint density at radius 2 is 1.57 bits per heavy atom. The third kappa shape index (κ3) is 4.54. The second-order valence-corrected chi connectivity index (χ2v) is 8.63. The van der Waals surface area contributed by atoms with Crippen LogP contribution in [0.5, 0.6) is 5.75 Å². The highest BCUT2D eigenvalue weighted by molar-refractivity contribution is 5.85. The lowest BCUT2D eigenvalue weighted by Gasteiger charge is -2.12. The molecule has 6 rings (SSSR count). The largest absolute Gasteiger partial charge is 0.488 e. The van der Waals surface area contributed by atoms with Crippen LogP contribution < -0.4 is 4.74 Å². The van der Waals surface area contributed by atoms with Gasteiger partial charge in [0.05, 0.1) is 11.2 Å². The highest BCUT2D eigenvalue weighted by Gasteiger charge is 2.15. The van der Waals surface area contributed by atoms with Gasteiger partial charge in [0.2, 0.25) is 0 Å². The molecule has 0 aliphatic heterocycles. The second-order valence-electron chi connectivity index (χ2n) is 8.63. The molecule has 180 valence electrons. The second kappa shape index (κ2) is 9.99. The van der Waals surface area contributed by atoms with Crippen LogP contribution in [-0.2, 0) is 13.0 Å². The van der Waals surface area contributed by atoms with E-state index in [1.54, 1.807) is 17.1 Å². The topological polar surface area (TPSA) is 78.6 Å². The Balaban J connectivity index is 1.27. The molecule has 0 saturated heterocycles. The van der Waals surface area contributed by atoms with E-state index < -0.39 is 0 Å². The Bertz CT molecular complexity index is 1660. The Morgan fingerprint density at radius 3 is 2.38 bits per heavy atom.